The van der Waals surface area contributed by atoms with E-state index in [-0.39, 0.29) is 6.29 Å². The summed E-state index contributed by atoms with van der Waals surface area (Å²) in [6, 6.07) is 0. The van der Waals surface area contributed by atoms with Crippen LogP contribution in [-0.2, 0) is 9.47 Å². The molecule has 1 rings (SSSR count). The van der Waals surface area contributed by atoms with Gasteiger partial charge in [0.25, 0.3) is 0 Å². The Bertz CT molecular complexity index is 176. The Balaban J connectivity index is 2.24. The third-order valence-corrected chi connectivity index (χ3v) is 4.09. The van der Waals surface area contributed by atoms with Gasteiger partial charge in [0.05, 0.1) is 0 Å². The first-order valence-corrected chi connectivity index (χ1v) is 8.61. The van der Waals surface area contributed by atoms with Gasteiger partial charge in [0.1, 0.15) is 0 Å². The van der Waals surface area contributed by atoms with Gasteiger partial charge in [-0.1, -0.05) is 58.8 Å². The lowest BCUT2D eigenvalue weighted by Gasteiger charge is -2.30. The lowest BCUT2D eigenvalue weighted by atomic mass is 9.89. The van der Waals surface area contributed by atoms with Crippen LogP contribution in [0.3, 0.4) is 0 Å². The van der Waals surface area contributed by atoms with Crippen LogP contribution >= 0.6 is 0 Å². The number of unbranched alkanes of at least 4 members (excludes halogenated alkanes) is 4. The molecule has 19 heavy (non-hydrogen) atoms. The molecule has 0 atom stereocenters. The van der Waals surface area contributed by atoms with E-state index >= 15 is 0 Å². The van der Waals surface area contributed by atoms with Crippen LogP contribution in [0.5, 0.6) is 0 Å². The van der Waals surface area contributed by atoms with Crippen LogP contribution < -0.4 is 0 Å². The van der Waals surface area contributed by atoms with Crippen LogP contribution in [0.4, 0.5) is 0 Å². The molecule has 0 radical (unpaired) electrons. The van der Waals surface area contributed by atoms with E-state index in [2.05, 4.69) is 13.8 Å². The minimum atomic E-state index is 0.0778. The second kappa shape index (κ2) is 11.7. The van der Waals surface area contributed by atoms with Gasteiger partial charge in [-0.2, -0.15) is 0 Å². The van der Waals surface area contributed by atoms with E-state index in [0.29, 0.717) is 5.92 Å². The largest absolute Gasteiger partial charge is 0.352 e. The highest BCUT2D eigenvalue weighted by atomic mass is 16.7. The van der Waals surface area contributed by atoms with Gasteiger partial charge in [-0.05, 0) is 25.7 Å². The molecule has 0 aliphatic heterocycles. The summed E-state index contributed by atoms with van der Waals surface area (Å²) >= 11 is 0. The maximum Gasteiger partial charge on any atom is 0.160 e. The van der Waals surface area contributed by atoms with E-state index in [1.807, 2.05) is 0 Å². The molecule has 1 saturated carbocycles. The van der Waals surface area contributed by atoms with Crippen LogP contribution in [0.15, 0.2) is 0 Å². The van der Waals surface area contributed by atoms with Crippen molar-refractivity contribution in [2.75, 3.05) is 13.2 Å². The van der Waals surface area contributed by atoms with Gasteiger partial charge in [-0.3, -0.25) is 0 Å². The van der Waals surface area contributed by atoms with Crippen molar-refractivity contribution in [3.8, 4) is 0 Å². The normalized spacial score (nSPS) is 17.2. The topological polar surface area (TPSA) is 18.5 Å². The zero-order chi connectivity index (χ0) is 13.8. The molecular formula is C17H34O2. The van der Waals surface area contributed by atoms with Crippen molar-refractivity contribution >= 4 is 0 Å². The zero-order valence-corrected chi connectivity index (χ0v) is 13.2. The highest BCUT2D eigenvalue weighted by molar-refractivity contribution is 4.69. The second-order valence-corrected chi connectivity index (χ2v) is 5.92. The molecule has 2 nitrogen and oxygen atoms in total. The minimum Gasteiger partial charge on any atom is -0.352 e. The minimum absolute atomic E-state index is 0.0778. The average molecular weight is 270 g/mol. The average Bonchev–Trinajstić information content (AvgIpc) is 2.46. The van der Waals surface area contributed by atoms with Gasteiger partial charge in [-0.25, -0.2) is 0 Å². The van der Waals surface area contributed by atoms with Gasteiger partial charge >= 0.3 is 0 Å². The Morgan fingerprint density at radius 3 is 1.79 bits per heavy atom. The number of hydrogen-bond donors (Lipinski definition) is 0. The first-order valence-electron chi connectivity index (χ1n) is 8.61. The number of ether oxygens (including phenoxy) is 2. The predicted molar refractivity (Wildman–Crippen MR) is 81.3 cm³/mol. The molecule has 0 bridgehead atoms. The van der Waals surface area contributed by atoms with Crippen molar-refractivity contribution in [2.45, 2.75) is 90.8 Å². The van der Waals surface area contributed by atoms with E-state index < -0.39 is 0 Å². The molecule has 0 aromatic carbocycles. The summed E-state index contributed by atoms with van der Waals surface area (Å²) in [5.41, 5.74) is 0. The Kier molecular flexibility index (Phi) is 10.5. The lowest BCUT2D eigenvalue weighted by Crippen LogP contribution is -2.29. The van der Waals surface area contributed by atoms with Crippen molar-refractivity contribution in [1.82, 2.24) is 0 Å². The quantitative estimate of drug-likeness (QED) is 0.374. The van der Waals surface area contributed by atoms with Crippen molar-refractivity contribution in [3.63, 3.8) is 0 Å². The maximum atomic E-state index is 6.04. The van der Waals surface area contributed by atoms with Crippen LogP contribution in [0.2, 0.25) is 0 Å². The van der Waals surface area contributed by atoms with Gasteiger partial charge in [-0.15, -0.1) is 0 Å². The van der Waals surface area contributed by atoms with Gasteiger partial charge in [0, 0.05) is 19.1 Å². The Hall–Kier alpha value is -0.0800. The van der Waals surface area contributed by atoms with E-state index in [9.17, 15) is 0 Å². The standard InChI is InChI=1S/C17H34O2/c1-3-5-10-14-18-17(19-15-11-6-4-2)16-12-8-7-9-13-16/h16-17H,3-15H2,1-2H3. The fourth-order valence-corrected chi connectivity index (χ4v) is 2.83. The summed E-state index contributed by atoms with van der Waals surface area (Å²) in [4.78, 5) is 0. The summed E-state index contributed by atoms with van der Waals surface area (Å²) in [6.45, 7) is 6.23. The molecule has 2 heteroatoms. The lowest BCUT2D eigenvalue weighted by molar-refractivity contribution is -0.179. The molecule has 1 fully saturated rings. The van der Waals surface area contributed by atoms with Gasteiger partial charge < -0.3 is 9.47 Å². The van der Waals surface area contributed by atoms with E-state index in [1.54, 1.807) is 0 Å². The van der Waals surface area contributed by atoms with E-state index in [0.717, 1.165) is 13.2 Å². The first-order chi connectivity index (χ1) is 9.38. The van der Waals surface area contributed by atoms with Crippen LogP contribution in [0.25, 0.3) is 0 Å². The van der Waals surface area contributed by atoms with Crippen LogP contribution in [0, 0.1) is 5.92 Å². The Morgan fingerprint density at radius 1 is 0.789 bits per heavy atom. The summed E-state index contributed by atoms with van der Waals surface area (Å²) in [7, 11) is 0. The summed E-state index contributed by atoms with van der Waals surface area (Å²) in [5, 5.41) is 0. The molecule has 114 valence electrons. The molecule has 0 aromatic rings. The molecule has 0 amide bonds. The molecule has 1 aliphatic carbocycles. The molecule has 0 N–H and O–H groups in total. The van der Waals surface area contributed by atoms with Crippen molar-refractivity contribution < 1.29 is 9.47 Å². The van der Waals surface area contributed by atoms with Crippen LogP contribution in [-0.4, -0.2) is 19.5 Å². The zero-order valence-electron chi connectivity index (χ0n) is 13.2. The summed E-state index contributed by atoms with van der Waals surface area (Å²) in [6.07, 6.45) is 14.2. The molecule has 0 heterocycles. The highest BCUT2D eigenvalue weighted by Gasteiger charge is 2.24. The molecular weight excluding hydrogens is 236 g/mol. The SMILES string of the molecule is CCCCCOC(OCCCCC)C1CCCCC1. The summed E-state index contributed by atoms with van der Waals surface area (Å²) in [5.74, 6) is 0.650. The fourth-order valence-electron chi connectivity index (χ4n) is 2.83. The van der Waals surface area contributed by atoms with Gasteiger partial charge in [0.15, 0.2) is 6.29 Å². The molecule has 0 spiro atoms. The van der Waals surface area contributed by atoms with Gasteiger partial charge in [0.2, 0.25) is 0 Å². The monoisotopic (exact) mass is 270 g/mol. The molecule has 0 unspecified atom stereocenters. The van der Waals surface area contributed by atoms with Crippen molar-refractivity contribution in [1.29, 1.82) is 0 Å². The van der Waals surface area contributed by atoms with E-state index in [4.69, 9.17) is 9.47 Å². The fraction of sp³-hybridized carbons (Fsp3) is 1.00. The third-order valence-electron chi connectivity index (χ3n) is 4.09. The smallest absolute Gasteiger partial charge is 0.160 e. The number of rotatable bonds is 11. The Labute approximate surface area is 120 Å². The Morgan fingerprint density at radius 2 is 1.32 bits per heavy atom. The number of hydrogen-bond acceptors (Lipinski definition) is 2. The molecule has 0 aromatic heterocycles. The van der Waals surface area contributed by atoms with E-state index in [1.165, 1.54) is 70.6 Å². The maximum absolute atomic E-state index is 6.04. The highest BCUT2D eigenvalue weighted by Crippen LogP contribution is 2.29. The third kappa shape index (κ3) is 7.94. The molecule has 1 aliphatic rings. The van der Waals surface area contributed by atoms with Crippen LogP contribution in [0.1, 0.15) is 84.5 Å². The second-order valence-electron chi connectivity index (χ2n) is 5.92. The first kappa shape index (κ1) is 17.0. The summed E-state index contributed by atoms with van der Waals surface area (Å²) < 4.78 is 12.1. The van der Waals surface area contributed by atoms with Crippen molar-refractivity contribution in [3.05, 3.63) is 0 Å². The molecule has 0 saturated heterocycles. The predicted octanol–water partition coefficient (Wildman–Crippen LogP) is 5.31. The van der Waals surface area contributed by atoms with Crippen molar-refractivity contribution in [2.24, 2.45) is 5.92 Å².